The van der Waals surface area contributed by atoms with E-state index in [2.05, 4.69) is 18.7 Å². The highest BCUT2D eigenvalue weighted by Crippen LogP contribution is 2.37. The summed E-state index contributed by atoms with van der Waals surface area (Å²) in [5, 5.41) is 0. The highest BCUT2D eigenvalue weighted by Gasteiger charge is 2.35. The Balaban J connectivity index is 2.21. The van der Waals surface area contributed by atoms with Gasteiger partial charge in [-0.05, 0) is 17.5 Å². The number of hydrogen-bond acceptors (Lipinski definition) is 3. The molecule has 1 aliphatic rings. The van der Waals surface area contributed by atoms with Gasteiger partial charge in [0.2, 0.25) is 0 Å². The molecule has 1 aromatic rings. The second-order valence-electron chi connectivity index (χ2n) is 4.95. The Hall–Kier alpha value is -1.38. The number of hydrogen-bond donors (Lipinski definition) is 1. The lowest BCUT2D eigenvalue weighted by molar-refractivity contribution is 0.276. The fraction of sp³-hybridized carbons (Fsp3) is 0.500. The molecule has 0 radical (unpaired) electrons. The van der Waals surface area contributed by atoms with Crippen molar-refractivity contribution in [3.63, 3.8) is 0 Å². The van der Waals surface area contributed by atoms with Crippen LogP contribution in [0.4, 0.5) is 11.4 Å². The molecule has 0 aromatic heterocycles. The Kier molecular flexibility index (Phi) is 2.25. The molecule has 0 aliphatic carbocycles. The molecule has 1 aliphatic heterocycles. The topological polar surface area (TPSA) is 38.5 Å². The molecule has 15 heavy (non-hydrogen) atoms. The first kappa shape index (κ1) is 10.1. The van der Waals surface area contributed by atoms with Crippen LogP contribution in [0.1, 0.15) is 13.8 Å². The number of nitrogens with zero attached hydrogens (tertiary/aromatic N) is 1. The molecular formula is C12H18N2O. The van der Waals surface area contributed by atoms with Crippen molar-refractivity contribution in [2.24, 2.45) is 5.41 Å². The number of methoxy groups -OCH3 is 1. The van der Waals surface area contributed by atoms with Gasteiger partial charge in [0.15, 0.2) is 0 Å². The van der Waals surface area contributed by atoms with Gasteiger partial charge in [-0.25, -0.2) is 0 Å². The highest BCUT2D eigenvalue weighted by atomic mass is 16.5. The Morgan fingerprint density at radius 2 is 2.00 bits per heavy atom. The average Bonchev–Trinajstić information content (AvgIpc) is 2.15. The van der Waals surface area contributed by atoms with Crippen molar-refractivity contribution in [1.29, 1.82) is 0 Å². The molecular weight excluding hydrogens is 188 g/mol. The van der Waals surface area contributed by atoms with Crippen molar-refractivity contribution in [3.8, 4) is 5.75 Å². The van der Waals surface area contributed by atoms with Crippen molar-refractivity contribution in [1.82, 2.24) is 0 Å². The molecule has 1 heterocycles. The van der Waals surface area contributed by atoms with E-state index in [0.717, 1.165) is 30.2 Å². The SMILES string of the molecule is COc1ccc(N)c(N2CC(C)(C)C2)c1. The van der Waals surface area contributed by atoms with Crippen LogP contribution < -0.4 is 15.4 Å². The molecule has 0 saturated carbocycles. The first-order valence-corrected chi connectivity index (χ1v) is 5.20. The molecule has 82 valence electrons. The second kappa shape index (κ2) is 3.33. The van der Waals surface area contributed by atoms with Crippen molar-refractivity contribution < 1.29 is 4.74 Å². The van der Waals surface area contributed by atoms with E-state index in [9.17, 15) is 0 Å². The Morgan fingerprint density at radius 1 is 1.33 bits per heavy atom. The summed E-state index contributed by atoms with van der Waals surface area (Å²) in [6.07, 6.45) is 0. The zero-order chi connectivity index (χ0) is 11.1. The number of anilines is 2. The maximum atomic E-state index is 5.95. The minimum absolute atomic E-state index is 0.412. The Morgan fingerprint density at radius 3 is 2.53 bits per heavy atom. The van der Waals surface area contributed by atoms with Gasteiger partial charge in [-0.2, -0.15) is 0 Å². The third kappa shape index (κ3) is 1.87. The zero-order valence-electron chi connectivity index (χ0n) is 9.58. The molecule has 0 spiro atoms. The first-order chi connectivity index (χ1) is 7.02. The van der Waals surface area contributed by atoms with Gasteiger partial charge in [-0.1, -0.05) is 13.8 Å². The molecule has 1 saturated heterocycles. The van der Waals surface area contributed by atoms with Crippen molar-refractivity contribution in [3.05, 3.63) is 18.2 Å². The monoisotopic (exact) mass is 206 g/mol. The quantitative estimate of drug-likeness (QED) is 0.753. The van der Waals surface area contributed by atoms with Crippen LogP contribution in [0.3, 0.4) is 0 Å². The van der Waals surface area contributed by atoms with E-state index in [-0.39, 0.29) is 0 Å². The summed E-state index contributed by atoms with van der Waals surface area (Å²) in [7, 11) is 1.68. The fourth-order valence-corrected chi connectivity index (χ4v) is 2.08. The summed E-state index contributed by atoms with van der Waals surface area (Å²) in [5.41, 5.74) is 8.27. The van der Waals surface area contributed by atoms with Gasteiger partial charge in [0.25, 0.3) is 0 Å². The maximum absolute atomic E-state index is 5.95. The third-order valence-corrected chi connectivity index (χ3v) is 2.82. The number of nitrogens with two attached hydrogens (primary N) is 1. The molecule has 2 N–H and O–H groups in total. The maximum Gasteiger partial charge on any atom is 0.121 e. The van der Waals surface area contributed by atoms with Crippen LogP contribution in [0.5, 0.6) is 5.75 Å². The van der Waals surface area contributed by atoms with Gasteiger partial charge in [0, 0.05) is 19.2 Å². The normalized spacial score (nSPS) is 18.5. The summed E-state index contributed by atoms with van der Waals surface area (Å²) in [6.45, 7) is 6.65. The van der Waals surface area contributed by atoms with E-state index in [4.69, 9.17) is 10.5 Å². The molecule has 0 unspecified atom stereocenters. The molecule has 0 amide bonds. The van der Waals surface area contributed by atoms with E-state index in [1.165, 1.54) is 0 Å². The van der Waals surface area contributed by atoms with Gasteiger partial charge >= 0.3 is 0 Å². The first-order valence-electron chi connectivity index (χ1n) is 5.20. The van der Waals surface area contributed by atoms with Gasteiger partial charge in [-0.3, -0.25) is 0 Å². The van der Waals surface area contributed by atoms with Gasteiger partial charge < -0.3 is 15.4 Å². The smallest absolute Gasteiger partial charge is 0.121 e. The fourth-order valence-electron chi connectivity index (χ4n) is 2.08. The molecule has 2 rings (SSSR count). The zero-order valence-corrected chi connectivity index (χ0v) is 9.58. The highest BCUT2D eigenvalue weighted by molar-refractivity contribution is 5.70. The lowest BCUT2D eigenvalue weighted by atomic mass is 9.84. The molecule has 3 nitrogen and oxygen atoms in total. The standard InChI is InChI=1S/C12H18N2O/c1-12(2)7-14(8-12)11-6-9(15-3)4-5-10(11)13/h4-6H,7-8,13H2,1-3H3. The van der Waals surface area contributed by atoms with E-state index in [1.807, 2.05) is 18.2 Å². The summed E-state index contributed by atoms with van der Waals surface area (Å²) in [4.78, 5) is 2.29. The number of nitrogen functional groups attached to an aromatic ring is 1. The van der Waals surface area contributed by atoms with Crippen LogP contribution in [0.15, 0.2) is 18.2 Å². The van der Waals surface area contributed by atoms with Crippen LogP contribution in [0.25, 0.3) is 0 Å². The summed E-state index contributed by atoms with van der Waals surface area (Å²) in [6, 6.07) is 5.80. The summed E-state index contributed by atoms with van der Waals surface area (Å²) >= 11 is 0. The Labute approximate surface area is 90.8 Å². The minimum atomic E-state index is 0.412. The van der Waals surface area contributed by atoms with Crippen molar-refractivity contribution >= 4 is 11.4 Å². The van der Waals surface area contributed by atoms with Gasteiger partial charge in [-0.15, -0.1) is 0 Å². The van der Waals surface area contributed by atoms with E-state index in [1.54, 1.807) is 7.11 Å². The van der Waals surface area contributed by atoms with Crippen LogP contribution in [0.2, 0.25) is 0 Å². The largest absolute Gasteiger partial charge is 0.497 e. The predicted octanol–water partition coefficient (Wildman–Crippen LogP) is 2.12. The summed E-state index contributed by atoms with van der Waals surface area (Å²) in [5.74, 6) is 0.865. The van der Waals surface area contributed by atoms with Crippen LogP contribution in [-0.2, 0) is 0 Å². The average molecular weight is 206 g/mol. The van der Waals surface area contributed by atoms with E-state index in [0.29, 0.717) is 5.41 Å². The van der Waals surface area contributed by atoms with Gasteiger partial charge in [0.05, 0.1) is 18.5 Å². The predicted molar refractivity (Wildman–Crippen MR) is 63.4 cm³/mol. The number of ether oxygens (including phenoxy) is 1. The van der Waals surface area contributed by atoms with Crippen LogP contribution >= 0.6 is 0 Å². The van der Waals surface area contributed by atoms with Crippen molar-refractivity contribution in [2.45, 2.75) is 13.8 Å². The van der Waals surface area contributed by atoms with E-state index < -0.39 is 0 Å². The third-order valence-electron chi connectivity index (χ3n) is 2.82. The summed E-state index contributed by atoms with van der Waals surface area (Å²) < 4.78 is 5.20. The molecule has 0 bridgehead atoms. The lowest BCUT2D eigenvalue weighted by Gasteiger charge is -2.47. The molecule has 0 atom stereocenters. The Bertz CT molecular complexity index is 366. The number of benzene rings is 1. The van der Waals surface area contributed by atoms with Crippen LogP contribution in [-0.4, -0.2) is 20.2 Å². The molecule has 3 heteroatoms. The second-order valence-corrected chi connectivity index (χ2v) is 4.95. The molecule has 1 fully saturated rings. The van der Waals surface area contributed by atoms with Crippen molar-refractivity contribution in [2.75, 3.05) is 30.8 Å². The van der Waals surface area contributed by atoms with E-state index >= 15 is 0 Å². The van der Waals surface area contributed by atoms with Crippen LogP contribution in [0, 0.1) is 5.41 Å². The van der Waals surface area contributed by atoms with Gasteiger partial charge in [0.1, 0.15) is 5.75 Å². The minimum Gasteiger partial charge on any atom is -0.497 e. The number of rotatable bonds is 2. The molecule has 1 aromatic carbocycles. The lowest BCUT2D eigenvalue weighted by Crippen LogP contribution is -2.53.